The minimum atomic E-state index is -0.548. The number of hydrogen-bond acceptors (Lipinski definition) is 3. The van der Waals surface area contributed by atoms with Crippen LogP contribution in [0.2, 0.25) is 5.02 Å². The number of carbonyl (C=O) groups excluding carboxylic acids is 1. The van der Waals surface area contributed by atoms with Crippen molar-refractivity contribution in [2.24, 2.45) is 5.73 Å². The van der Waals surface area contributed by atoms with Crippen molar-refractivity contribution < 1.29 is 9.90 Å². The molecule has 14 heavy (non-hydrogen) atoms. The molecule has 0 radical (unpaired) electrons. The van der Waals surface area contributed by atoms with Crippen LogP contribution >= 0.6 is 11.6 Å². The van der Waals surface area contributed by atoms with E-state index in [-0.39, 0.29) is 6.61 Å². The Labute approximate surface area is 86.7 Å². The standard InChI is InChI=1S/C9H11ClN2O2/c10-6-1-2-8(12-3-4-13)7(5-6)9(11)14/h1-2,5,12-13H,3-4H2,(H2,11,14). The number of nitrogens with two attached hydrogens (primary N) is 1. The fourth-order valence-electron chi connectivity index (χ4n) is 1.07. The first-order valence-electron chi connectivity index (χ1n) is 4.09. The predicted molar refractivity (Wildman–Crippen MR) is 55.5 cm³/mol. The van der Waals surface area contributed by atoms with Crippen LogP contribution in [0, 0.1) is 0 Å². The Balaban J connectivity index is 2.96. The number of halogens is 1. The third-order valence-electron chi connectivity index (χ3n) is 1.67. The maximum atomic E-state index is 11.0. The molecular weight excluding hydrogens is 204 g/mol. The molecule has 1 amide bonds. The van der Waals surface area contributed by atoms with Gasteiger partial charge in [0, 0.05) is 17.3 Å². The molecule has 0 atom stereocenters. The van der Waals surface area contributed by atoms with Crippen molar-refractivity contribution in [1.82, 2.24) is 0 Å². The van der Waals surface area contributed by atoms with E-state index in [1.54, 1.807) is 12.1 Å². The molecule has 0 bridgehead atoms. The van der Waals surface area contributed by atoms with Crippen LogP contribution in [0.5, 0.6) is 0 Å². The zero-order valence-corrected chi connectivity index (χ0v) is 8.21. The second-order valence-corrected chi connectivity index (χ2v) is 3.14. The number of rotatable bonds is 4. The number of aliphatic hydroxyl groups is 1. The maximum absolute atomic E-state index is 11.0. The number of primary amides is 1. The average Bonchev–Trinajstić information content (AvgIpc) is 2.15. The van der Waals surface area contributed by atoms with E-state index in [2.05, 4.69) is 5.32 Å². The van der Waals surface area contributed by atoms with Crippen LogP contribution in [0.1, 0.15) is 10.4 Å². The summed E-state index contributed by atoms with van der Waals surface area (Å²) in [7, 11) is 0. The van der Waals surface area contributed by atoms with Gasteiger partial charge in [0.05, 0.1) is 12.2 Å². The maximum Gasteiger partial charge on any atom is 0.250 e. The fraction of sp³-hybridized carbons (Fsp3) is 0.222. The van der Waals surface area contributed by atoms with E-state index in [1.165, 1.54) is 6.07 Å². The third kappa shape index (κ3) is 2.61. The number of nitrogens with one attached hydrogen (secondary N) is 1. The van der Waals surface area contributed by atoms with E-state index in [0.29, 0.717) is 22.8 Å². The van der Waals surface area contributed by atoms with E-state index in [0.717, 1.165) is 0 Å². The van der Waals surface area contributed by atoms with Gasteiger partial charge in [0.2, 0.25) is 0 Å². The lowest BCUT2D eigenvalue weighted by Gasteiger charge is -2.08. The molecule has 0 aliphatic rings. The van der Waals surface area contributed by atoms with Crippen LogP contribution in [0.15, 0.2) is 18.2 Å². The van der Waals surface area contributed by atoms with Crippen molar-refractivity contribution in [2.75, 3.05) is 18.5 Å². The van der Waals surface area contributed by atoms with Crippen molar-refractivity contribution in [2.45, 2.75) is 0 Å². The molecule has 1 aromatic rings. The molecule has 0 aliphatic heterocycles. The van der Waals surface area contributed by atoms with E-state index in [1.807, 2.05) is 0 Å². The number of anilines is 1. The van der Waals surface area contributed by atoms with E-state index in [9.17, 15) is 4.79 Å². The topological polar surface area (TPSA) is 75.4 Å². The fourth-order valence-corrected chi connectivity index (χ4v) is 1.24. The minimum Gasteiger partial charge on any atom is -0.395 e. The van der Waals surface area contributed by atoms with Gasteiger partial charge in [-0.05, 0) is 18.2 Å². The van der Waals surface area contributed by atoms with Crippen LogP contribution in [0.4, 0.5) is 5.69 Å². The highest BCUT2D eigenvalue weighted by atomic mass is 35.5. The van der Waals surface area contributed by atoms with E-state index < -0.39 is 5.91 Å². The van der Waals surface area contributed by atoms with Gasteiger partial charge >= 0.3 is 0 Å². The average molecular weight is 215 g/mol. The molecule has 0 fully saturated rings. The lowest BCUT2D eigenvalue weighted by Crippen LogP contribution is -2.15. The number of benzene rings is 1. The van der Waals surface area contributed by atoms with Crippen LogP contribution in [0.3, 0.4) is 0 Å². The molecule has 1 rings (SSSR count). The van der Waals surface area contributed by atoms with Gasteiger partial charge in [0.15, 0.2) is 0 Å². The highest BCUT2D eigenvalue weighted by Gasteiger charge is 2.07. The molecule has 1 aromatic carbocycles. The highest BCUT2D eigenvalue weighted by molar-refractivity contribution is 6.31. The number of carbonyl (C=O) groups is 1. The largest absolute Gasteiger partial charge is 0.395 e. The van der Waals surface area contributed by atoms with Crippen LogP contribution in [-0.4, -0.2) is 24.2 Å². The lowest BCUT2D eigenvalue weighted by atomic mass is 10.1. The van der Waals surface area contributed by atoms with Gasteiger partial charge in [-0.1, -0.05) is 11.6 Å². The van der Waals surface area contributed by atoms with Crippen LogP contribution in [-0.2, 0) is 0 Å². The van der Waals surface area contributed by atoms with Crippen molar-refractivity contribution in [1.29, 1.82) is 0 Å². The summed E-state index contributed by atoms with van der Waals surface area (Å²) in [5.41, 5.74) is 6.06. The summed E-state index contributed by atoms with van der Waals surface area (Å²) in [5.74, 6) is -0.548. The molecule has 4 N–H and O–H groups in total. The van der Waals surface area contributed by atoms with Gasteiger partial charge in [-0.2, -0.15) is 0 Å². The molecule has 76 valence electrons. The second-order valence-electron chi connectivity index (χ2n) is 2.70. The zero-order valence-electron chi connectivity index (χ0n) is 7.46. The van der Waals surface area contributed by atoms with Crippen molar-refractivity contribution in [3.8, 4) is 0 Å². The van der Waals surface area contributed by atoms with E-state index >= 15 is 0 Å². The summed E-state index contributed by atoms with van der Waals surface area (Å²) < 4.78 is 0. The molecule has 4 nitrogen and oxygen atoms in total. The van der Waals surface area contributed by atoms with Gasteiger partial charge in [0.25, 0.3) is 5.91 Å². The molecule has 0 saturated heterocycles. The highest BCUT2D eigenvalue weighted by Crippen LogP contribution is 2.19. The monoisotopic (exact) mass is 214 g/mol. The Morgan fingerprint density at radius 2 is 2.29 bits per heavy atom. The third-order valence-corrected chi connectivity index (χ3v) is 1.91. The molecule has 0 heterocycles. The van der Waals surface area contributed by atoms with Crippen molar-refractivity contribution in [3.63, 3.8) is 0 Å². The SMILES string of the molecule is NC(=O)c1cc(Cl)ccc1NCCO. The molecule has 5 heteroatoms. The second kappa shape index (κ2) is 4.83. The predicted octanol–water partition coefficient (Wildman–Crippen LogP) is 0.843. The summed E-state index contributed by atoms with van der Waals surface area (Å²) in [6.07, 6.45) is 0. The number of amides is 1. The Morgan fingerprint density at radius 1 is 1.57 bits per heavy atom. The molecule has 0 aromatic heterocycles. The summed E-state index contributed by atoms with van der Waals surface area (Å²) in [6.45, 7) is 0.350. The van der Waals surface area contributed by atoms with Gasteiger partial charge < -0.3 is 16.2 Å². The number of aliphatic hydroxyl groups excluding tert-OH is 1. The van der Waals surface area contributed by atoms with Crippen LogP contribution < -0.4 is 11.1 Å². The Kier molecular flexibility index (Phi) is 3.73. The normalized spacial score (nSPS) is 9.86. The van der Waals surface area contributed by atoms with Crippen LogP contribution in [0.25, 0.3) is 0 Å². The summed E-state index contributed by atoms with van der Waals surface area (Å²) in [5, 5.41) is 11.9. The Bertz CT molecular complexity index is 342. The van der Waals surface area contributed by atoms with E-state index in [4.69, 9.17) is 22.4 Å². The first-order valence-corrected chi connectivity index (χ1v) is 4.47. The molecular formula is C9H11ClN2O2. The smallest absolute Gasteiger partial charge is 0.250 e. The van der Waals surface area contributed by atoms with Gasteiger partial charge in [-0.15, -0.1) is 0 Å². The first-order chi connectivity index (χ1) is 6.65. The van der Waals surface area contributed by atoms with Gasteiger partial charge in [0.1, 0.15) is 0 Å². The number of hydrogen-bond donors (Lipinski definition) is 3. The quantitative estimate of drug-likeness (QED) is 0.696. The molecule has 0 spiro atoms. The lowest BCUT2D eigenvalue weighted by molar-refractivity contribution is 0.100. The van der Waals surface area contributed by atoms with Crippen molar-refractivity contribution in [3.05, 3.63) is 28.8 Å². The summed E-state index contributed by atoms with van der Waals surface area (Å²) in [6, 6.07) is 4.79. The first kappa shape index (κ1) is 10.8. The Hall–Kier alpha value is -1.26. The summed E-state index contributed by atoms with van der Waals surface area (Å²) in [4.78, 5) is 11.0. The molecule has 0 aliphatic carbocycles. The van der Waals surface area contributed by atoms with Gasteiger partial charge in [-0.25, -0.2) is 0 Å². The van der Waals surface area contributed by atoms with Gasteiger partial charge in [-0.3, -0.25) is 4.79 Å². The molecule has 0 unspecified atom stereocenters. The zero-order chi connectivity index (χ0) is 10.6. The van der Waals surface area contributed by atoms with Crippen molar-refractivity contribution >= 4 is 23.2 Å². The molecule has 0 saturated carbocycles. The summed E-state index contributed by atoms with van der Waals surface area (Å²) >= 11 is 5.71. The Morgan fingerprint density at radius 3 is 2.86 bits per heavy atom. The minimum absolute atomic E-state index is 0.0131.